The predicted molar refractivity (Wildman–Crippen MR) is 252 cm³/mol. The number of carboxylic acid groups (broad SMARTS) is 2. The summed E-state index contributed by atoms with van der Waals surface area (Å²) in [6, 6.07) is 25.0. The number of aromatic carboxylic acids is 2. The molecule has 71 heavy (non-hydrogen) atoms. The molecule has 7 rings (SSSR count). The van der Waals surface area contributed by atoms with E-state index in [0.29, 0.717) is 11.3 Å². The Bertz CT molecular complexity index is 3730. The summed E-state index contributed by atoms with van der Waals surface area (Å²) in [4.78, 5) is 39.4. The summed E-state index contributed by atoms with van der Waals surface area (Å²) in [5.41, 5.74) is 0.144. The van der Waals surface area contributed by atoms with Crippen molar-refractivity contribution < 1.29 is 50.5 Å². The summed E-state index contributed by atoms with van der Waals surface area (Å²) < 4.78 is 66.9. The van der Waals surface area contributed by atoms with Crippen LogP contribution in [0.25, 0.3) is 16.8 Å². The monoisotopic (exact) mass is 1010 g/mol. The molecule has 0 saturated heterocycles. The normalized spacial score (nSPS) is 11.5. The molecule has 27 heteroatoms. The van der Waals surface area contributed by atoms with E-state index in [1.54, 1.807) is 24.3 Å². The lowest BCUT2D eigenvalue weighted by Crippen LogP contribution is -2.06. The Morgan fingerprint density at radius 3 is 1.69 bits per heavy atom. The summed E-state index contributed by atoms with van der Waals surface area (Å²) in [5.74, 6) is -3.69. The fourth-order valence-corrected chi connectivity index (χ4v) is 8.42. The van der Waals surface area contributed by atoms with Gasteiger partial charge in [0.25, 0.3) is 20.2 Å². The minimum absolute atomic E-state index is 0.00525. The largest absolute Gasteiger partial charge is 0.478 e. The van der Waals surface area contributed by atoms with E-state index in [4.69, 9.17) is 0 Å². The van der Waals surface area contributed by atoms with Gasteiger partial charge in [-0.25, -0.2) is 19.3 Å². The molecule has 0 aliphatic carbocycles. The Balaban J connectivity index is 1.39. The molecule has 0 fully saturated rings. The highest BCUT2D eigenvalue weighted by atomic mass is 32.2. The molecule has 0 aliphatic heterocycles. The van der Waals surface area contributed by atoms with Crippen molar-refractivity contribution >= 4 is 99.6 Å². The highest BCUT2D eigenvalue weighted by molar-refractivity contribution is 7.86. The molecule has 7 aromatic rings. The summed E-state index contributed by atoms with van der Waals surface area (Å²) in [5, 5.41) is 80.6. The average molecular weight is 1010 g/mol. The van der Waals surface area contributed by atoms with Gasteiger partial charge in [-0.1, -0.05) is 23.5 Å². The first-order valence-electron chi connectivity index (χ1n) is 19.7. The molecular weight excluding hydrogens is 983 g/mol. The summed E-state index contributed by atoms with van der Waals surface area (Å²) in [7, 11) is -9.12. The quantitative estimate of drug-likeness (QED) is 0.0371. The minimum Gasteiger partial charge on any atom is -0.478 e. The topological polar surface area (TPSA) is 388 Å². The van der Waals surface area contributed by atoms with Crippen LogP contribution in [0.4, 0.5) is 50.2 Å². The van der Waals surface area contributed by atoms with E-state index < -0.39 is 53.1 Å². The number of thiophene rings is 1. The van der Waals surface area contributed by atoms with Gasteiger partial charge >= 0.3 is 11.9 Å². The third-order valence-corrected chi connectivity index (χ3v) is 12.5. The van der Waals surface area contributed by atoms with Crippen LogP contribution in [0.2, 0.25) is 0 Å². The Labute approximate surface area is 404 Å². The second kappa shape index (κ2) is 20.0. The first-order chi connectivity index (χ1) is 33.7. The Morgan fingerprint density at radius 2 is 1.20 bits per heavy atom. The van der Waals surface area contributed by atoms with E-state index >= 15 is 0 Å². The predicted octanol–water partition coefficient (Wildman–Crippen LogP) is 9.09. The van der Waals surface area contributed by atoms with Crippen molar-refractivity contribution in [2.45, 2.75) is 23.6 Å². The van der Waals surface area contributed by atoms with Gasteiger partial charge in [-0.3, -0.25) is 13.9 Å². The van der Waals surface area contributed by atoms with Gasteiger partial charge in [0.1, 0.15) is 40.0 Å². The number of amides is 1. The van der Waals surface area contributed by atoms with Crippen LogP contribution in [0, 0.1) is 40.9 Å². The van der Waals surface area contributed by atoms with Gasteiger partial charge < -0.3 is 26.2 Å². The molecule has 3 aromatic heterocycles. The number of carbonyl (C=O) groups is 3. The number of azo groups is 2. The minimum atomic E-state index is -4.58. The number of pyridine rings is 1. The number of anilines is 5. The third kappa shape index (κ3) is 10.9. The maximum Gasteiger partial charge on any atom is 0.335 e. The molecule has 24 nitrogen and oxygen atoms in total. The Hall–Kier alpha value is -9.56. The molecule has 7 N–H and O–H groups in total. The van der Waals surface area contributed by atoms with Crippen molar-refractivity contribution in [3.8, 4) is 35.0 Å². The molecule has 4 aromatic carbocycles. The average Bonchev–Trinajstić information content (AvgIpc) is 3.91. The van der Waals surface area contributed by atoms with E-state index in [0.717, 1.165) is 64.7 Å². The molecule has 0 saturated carbocycles. The Morgan fingerprint density at radius 1 is 0.676 bits per heavy atom. The highest BCUT2D eigenvalue weighted by Crippen LogP contribution is 2.49. The summed E-state index contributed by atoms with van der Waals surface area (Å²) in [6.45, 7) is 2.81. The van der Waals surface area contributed by atoms with Crippen molar-refractivity contribution in [3.05, 3.63) is 131 Å². The maximum absolute atomic E-state index is 11.9. The van der Waals surface area contributed by atoms with Gasteiger partial charge in [-0.05, 0) is 91.3 Å². The fourth-order valence-electron chi connectivity index (χ4n) is 6.54. The number of benzene rings is 4. The van der Waals surface area contributed by atoms with Crippen molar-refractivity contribution in [3.63, 3.8) is 0 Å². The zero-order valence-corrected chi connectivity index (χ0v) is 38.5. The smallest absolute Gasteiger partial charge is 0.335 e. The molecule has 0 atom stereocenters. The first-order valence-corrected chi connectivity index (χ1v) is 23.4. The number of rotatable bonds is 15. The molecule has 354 valence electrons. The number of carbonyl (C=O) groups excluding carboxylic acids is 1. The number of nitrogens with one attached hydrogen (secondary N) is 3. The van der Waals surface area contributed by atoms with Crippen molar-refractivity contribution in [2.75, 3.05) is 16.0 Å². The number of aromatic nitrogens is 3. The van der Waals surface area contributed by atoms with Crippen LogP contribution in [0.15, 0.2) is 127 Å². The third-order valence-electron chi connectivity index (χ3n) is 9.83. The highest BCUT2D eigenvalue weighted by Gasteiger charge is 2.24. The molecule has 3 heterocycles. The fraction of sp³-hybridized carbons (Fsp3) is 0.0455. The molecule has 0 spiro atoms. The molecule has 0 radical (unpaired) electrons. The molecule has 1 amide bonds. The lowest BCUT2D eigenvalue weighted by molar-refractivity contribution is -0.114. The lowest BCUT2D eigenvalue weighted by Gasteiger charge is -2.16. The second-order valence-electron chi connectivity index (χ2n) is 14.5. The van der Waals surface area contributed by atoms with Crippen molar-refractivity contribution in [2.24, 2.45) is 20.5 Å². The van der Waals surface area contributed by atoms with Gasteiger partial charge in [0.2, 0.25) is 5.91 Å². The van der Waals surface area contributed by atoms with E-state index in [1.807, 2.05) is 12.1 Å². The van der Waals surface area contributed by atoms with Crippen LogP contribution in [0.1, 0.15) is 49.9 Å². The second-order valence-corrected chi connectivity index (χ2v) is 18.4. The first kappa shape index (κ1) is 49.3. The van der Waals surface area contributed by atoms with E-state index in [2.05, 4.69) is 52.6 Å². The van der Waals surface area contributed by atoms with Gasteiger partial charge in [0, 0.05) is 35.1 Å². The van der Waals surface area contributed by atoms with Crippen LogP contribution in [0.5, 0.6) is 0 Å². The lowest BCUT2D eigenvalue weighted by atomic mass is 10.0. The number of nitrogens with zero attached hydrogens (tertiary/aromatic N) is 10. The number of nitriles is 3. The number of carboxylic acids is 2. The summed E-state index contributed by atoms with van der Waals surface area (Å²) in [6.07, 6.45) is 1.10. The van der Waals surface area contributed by atoms with Crippen molar-refractivity contribution in [1.29, 1.82) is 15.8 Å². The zero-order chi connectivity index (χ0) is 51.4. The van der Waals surface area contributed by atoms with E-state index in [-0.39, 0.29) is 83.9 Å². The number of hydrogen-bond acceptors (Lipinski definition) is 19. The van der Waals surface area contributed by atoms with Crippen LogP contribution < -0.4 is 16.0 Å². The van der Waals surface area contributed by atoms with E-state index in [9.17, 15) is 66.3 Å². The zero-order valence-electron chi connectivity index (χ0n) is 36.1. The van der Waals surface area contributed by atoms with Crippen LogP contribution in [0.3, 0.4) is 0 Å². The SMILES string of the molecule is CC(=O)Nc1ccc(-c2c(/N=N\c3c(C#N)cnn3-c3cc(C(=O)O)cc(C(=O)O)c3)sc(N=Nc3c(Nc4ccc(S(=O)(=O)O)cc4)nc(Nc4ccc(S(=O)(=O)O)cc4)c(C#N)c3C)c2C#N)cc1. The van der Waals surface area contributed by atoms with Gasteiger partial charge in [0.15, 0.2) is 22.5 Å². The van der Waals surface area contributed by atoms with Crippen molar-refractivity contribution in [1.82, 2.24) is 14.8 Å². The van der Waals surface area contributed by atoms with Gasteiger partial charge in [0.05, 0.1) is 38.4 Å². The summed E-state index contributed by atoms with van der Waals surface area (Å²) >= 11 is 0.786. The van der Waals surface area contributed by atoms with Gasteiger partial charge in [-0.2, -0.15) is 37.7 Å². The Kier molecular flexibility index (Phi) is 13.9. The maximum atomic E-state index is 11.9. The van der Waals surface area contributed by atoms with E-state index in [1.165, 1.54) is 38.1 Å². The van der Waals surface area contributed by atoms with Crippen LogP contribution >= 0.6 is 11.3 Å². The molecule has 0 bridgehead atoms. The number of hydrogen-bond donors (Lipinski definition) is 7. The molecular formula is C44H29N13O11S3. The van der Waals surface area contributed by atoms with Crippen LogP contribution in [-0.4, -0.2) is 68.8 Å². The van der Waals surface area contributed by atoms with Gasteiger partial charge in [-0.15, -0.1) is 20.5 Å². The van der Waals surface area contributed by atoms with Crippen LogP contribution in [-0.2, 0) is 25.0 Å². The molecule has 0 unspecified atom stereocenters. The standard InChI is InChI=1S/C44H29N13O11S3/c1-22-34(19-46)38(50-29-7-11-32(12-8-29)70(63,64)65)52-39(51-30-9-13-33(14-10-30)71(66,67)68)37(22)53-55-41-35(20-47)36(24-3-5-28(6-4-24)49-23(2)58)42(69-41)56-54-40-27(18-45)21-48-57(40)31-16-25(43(59)60)15-26(17-31)44(61)62/h3-17,21H,1-2H3,(H,49,58)(H,59,60)(H,61,62)(H2,50,51,52)(H,63,64,65)(H,66,67,68)/b55-53?,56-54-. The molecule has 0 aliphatic rings.